The summed E-state index contributed by atoms with van der Waals surface area (Å²) < 4.78 is 13.5. The number of aromatic nitrogens is 2. The smallest absolute Gasteiger partial charge is 0.251 e. The molecule has 2 N–H and O–H groups in total. The largest absolute Gasteiger partial charge is 0.346 e. The normalized spacial score (nSPS) is 11.6. The summed E-state index contributed by atoms with van der Waals surface area (Å²) in [6.45, 7) is 4.00. The molecule has 4 rings (SSSR count). The molecule has 0 bridgehead atoms. The zero-order valence-electron chi connectivity index (χ0n) is 17.8. The van der Waals surface area contributed by atoms with Gasteiger partial charge in [-0.2, -0.15) is 0 Å². The Hall–Kier alpha value is -4.06. The Balaban J connectivity index is 1.42. The molecule has 160 valence electrons. The predicted molar refractivity (Wildman–Crippen MR) is 124 cm³/mol. The van der Waals surface area contributed by atoms with Crippen LogP contribution in [-0.2, 0) is 0 Å². The lowest BCUT2D eigenvalue weighted by molar-refractivity contribution is 0.0940. The number of aryl methyl sites for hydroxylation is 1. The molecule has 0 aliphatic carbocycles. The molecule has 0 saturated heterocycles. The topological polar surface area (TPSA) is 66.9 Å². The van der Waals surface area contributed by atoms with Crippen LogP contribution < -0.4 is 10.6 Å². The number of anilines is 2. The van der Waals surface area contributed by atoms with E-state index < -0.39 is 0 Å². The Labute approximate surface area is 186 Å². The molecule has 1 amide bonds. The molecule has 0 aliphatic heterocycles. The maximum absolute atomic E-state index is 13.5. The van der Waals surface area contributed by atoms with Crippen molar-refractivity contribution in [1.29, 1.82) is 0 Å². The van der Waals surface area contributed by atoms with Gasteiger partial charge < -0.3 is 10.6 Å². The molecular formula is C26H23FN4O. The number of halogens is 1. The number of carbonyl (C=O) groups is 1. The minimum absolute atomic E-state index is 0.0943. The van der Waals surface area contributed by atoms with E-state index in [0.29, 0.717) is 22.8 Å². The first kappa shape index (κ1) is 21.2. The number of hydrogen-bond acceptors (Lipinski definition) is 4. The van der Waals surface area contributed by atoms with Gasteiger partial charge in [0.1, 0.15) is 11.6 Å². The summed E-state index contributed by atoms with van der Waals surface area (Å²) in [5, 5.41) is 6.21. The van der Waals surface area contributed by atoms with Crippen LogP contribution in [0, 0.1) is 12.7 Å². The number of benzene rings is 3. The maximum atomic E-state index is 13.5. The fourth-order valence-electron chi connectivity index (χ4n) is 3.27. The molecule has 32 heavy (non-hydrogen) atoms. The van der Waals surface area contributed by atoms with Gasteiger partial charge in [-0.05, 0) is 61.9 Å². The van der Waals surface area contributed by atoms with Crippen LogP contribution in [0.15, 0.2) is 85.1 Å². The highest BCUT2D eigenvalue weighted by atomic mass is 19.1. The Morgan fingerprint density at radius 2 is 1.72 bits per heavy atom. The standard InChI is InChI=1S/C26H23FN4O/c1-17-6-8-19(9-7-17)18(2)29-26(32)20-10-12-23(13-11-20)30-24-14-15-28-25(31-24)21-4-3-5-22(27)16-21/h3-16,18H,1-2H3,(H,29,32)(H,28,30,31). The molecule has 0 aliphatic rings. The molecule has 0 saturated carbocycles. The van der Waals surface area contributed by atoms with Crippen LogP contribution in [0.25, 0.3) is 11.4 Å². The van der Waals surface area contributed by atoms with Gasteiger partial charge >= 0.3 is 0 Å². The van der Waals surface area contributed by atoms with Gasteiger partial charge in [0.05, 0.1) is 6.04 Å². The zero-order valence-corrected chi connectivity index (χ0v) is 17.8. The summed E-state index contributed by atoms with van der Waals surface area (Å²) in [5.41, 5.74) is 4.18. The van der Waals surface area contributed by atoms with Crippen LogP contribution >= 0.6 is 0 Å². The molecule has 1 aromatic heterocycles. The Morgan fingerprint density at radius 1 is 0.969 bits per heavy atom. The summed E-state index contributed by atoms with van der Waals surface area (Å²) in [7, 11) is 0. The summed E-state index contributed by atoms with van der Waals surface area (Å²) >= 11 is 0. The van der Waals surface area contributed by atoms with E-state index in [1.54, 1.807) is 36.5 Å². The van der Waals surface area contributed by atoms with Gasteiger partial charge in [-0.25, -0.2) is 14.4 Å². The third kappa shape index (κ3) is 5.16. The molecule has 4 aromatic rings. The first-order valence-corrected chi connectivity index (χ1v) is 10.3. The molecule has 1 heterocycles. The molecule has 3 aromatic carbocycles. The van der Waals surface area contributed by atoms with Crippen LogP contribution in [0.4, 0.5) is 15.9 Å². The Kier molecular flexibility index (Phi) is 6.22. The lowest BCUT2D eigenvalue weighted by atomic mass is 10.1. The van der Waals surface area contributed by atoms with E-state index in [1.165, 1.54) is 17.7 Å². The van der Waals surface area contributed by atoms with Crippen LogP contribution in [0.5, 0.6) is 0 Å². The first-order chi connectivity index (χ1) is 15.5. The van der Waals surface area contributed by atoms with Crippen molar-refractivity contribution < 1.29 is 9.18 Å². The predicted octanol–water partition coefficient (Wildman–Crippen LogP) is 5.83. The van der Waals surface area contributed by atoms with Crippen molar-refractivity contribution in [2.75, 3.05) is 5.32 Å². The van der Waals surface area contributed by atoms with Gasteiger partial charge in [0, 0.05) is 23.0 Å². The van der Waals surface area contributed by atoms with E-state index in [2.05, 4.69) is 20.6 Å². The van der Waals surface area contributed by atoms with Crippen molar-refractivity contribution >= 4 is 17.4 Å². The highest BCUT2D eigenvalue weighted by Crippen LogP contribution is 2.20. The van der Waals surface area contributed by atoms with Crippen molar-refractivity contribution in [2.24, 2.45) is 0 Å². The number of rotatable bonds is 6. The van der Waals surface area contributed by atoms with Crippen LogP contribution in [0.1, 0.15) is 34.5 Å². The number of nitrogens with zero attached hydrogens (tertiary/aromatic N) is 2. The lowest BCUT2D eigenvalue weighted by Crippen LogP contribution is -2.26. The highest BCUT2D eigenvalue weighted by Gasteiger charge is 2.12. The van der Waals surface area contributed by atoms with Crippen molar-refractivity contribution in [3.8, 4) is 11.4 Å². The van der Waals surface area contributed by atoms with Crippen molar-refractivity contribution in [3.05, 3.63) is 108 Å². The van der Waals surface area contributed by atoms with Gasteiger partial charge in [-0.1, -0.05) is 42.0 Å². The van der Waals surface area contributed by atoms with Gasteiger partial charge in [-0.3, -0.25) is 4.79 Å². The monoisotopic (exact) mass is 426 g/mol. The Bertz CT molecular complexity index is 1220. The number of nitrogens with one attached hydrogen (secondary N) is 2. The maximum Gasteiger partial charge on any atom is 0.251 e. The first-order valence-electron chi connectivity index (χ1n) is 10.3. The number of amides is 1. The van der Waals surface area contributed by atoms with Gasteiger partial charge in [0.15, 0.2) is 5.82 Å². The van der Waals surface area contributed by atoms with E-state index in [-0.39, 0.29) is 17.8 Å². The minimum Gasteiger partial charge on any atom is -0.346 e. The summed E-state index contributed by atoms with van der Waals surface area (Å²) in [5.74, 6) is 0.523. The second-order valence-corrected chi connectivity index (χ2v) is 7.58. The molecular weight excluding hydrogens is 403 g/mol. The zero-order chi connectivity index (χ0) is 22.5. The third-order valence-corrected chi connectivity index (χ3v) is 5.08. The van der Waals surface area contributed by atoms with Crippen molar-refractivity contribution in [2.45, 2.75) is 19.9 Å². The highest BCUT2D eigenvalue weighted by molar-refractivity contribution is 5.94. The second-order valence-electron chi connectivity index (χ2n) is 7.58. The van der Waals surface area contributed by atoms with E-state index in [4.69, 9.17) is 0 Å². The summed E-state index contributed by atoms with van der Waals surface area (Å²) in [6, 6.07) is 23.0. The molecule has 0 radical (unpaired) electrons. The van der Waals surface area contributed by atoms with Crippen LogP contribution in [-0.4, -0.2) is 15.9 Å². The summed E-state index contributed by atoms with van der Waals surface area (Å²) in [4.78, 5) is 21.3. The number of carbonyl (C=O) groups excluding carboxylic acids is 1. The van der Waals surface area contributed by atoms with E-state index in [0.717, 1.165) is 11.3 Å². The SMILES string of the molecule is Cc1ccc(C(C)NC(=O)c2ccc(Nc3ccnc(-c4cccc(F)c4)n3)cc2)cc1. The number of hydrogen-bond donors (Lipinski definition) is 2. The van der Waals surface area contributed by atoms with E-state index >= 15 is 0 Å². The lowest BCUT2D eigenvalue weighted by Gasteiger charge is -2.15. The van der Waals surface area contributed by atoms with Crippen LogP contribution in [0.2, 0.25) is 0 Å². The average Bonchev–Trinajstić information content (AvgIpc) is 2.80. The molecule has 6 heteroatoms. The molecule has 1 atom stereocenters. The second kappa shape index (κ2) is 9.39. The summed E-state index contributed by atoms with van der Waals surface area (Å²) in [6.07, 6.45) is 1.61. The molecule has 1 unspecified atom stereocenters. The van der Waals surface area contributed by atoms with Crippen molar-refractivity contribution in [3.63, 3.8) is 0 Å². The molecule has 0 fully saturated rings. The fraction of sp³-hybridized carbons (Fsp3) is 0.115. The molecule has 5 nitrogen and oxygen atoms in total. The molecule has 0 spiro atoms. The van der Waals surface area contributed by atoms with Gasteiger partial charge in [0.2, 0.25) is 0 Å². The van der Waals surface area contributed by atoms with E-state index in [9.17, 15) is 9.18 Å². The minimum atomic E-state index is -0.338. The van der Waals surface area contributed by atoms with E-state index in [1.807, 2.05) is 50.2 Å². The van der Waals surface area contributed by atoms with Crippen LogP contribution in [0.3, 0.4) is 0 Å². The average molecular weight is 426 g/mol. The quantitative estimate of drug-likeness (QED) is 0.407. The third-order valence-electron chi connectivity index (χ3n) is 5.08. The van der Waals surface area contributed by atoms with Gasteiger partial charge in [0.25, 0.3) is 5.91 Å². The van der Waals surface area contributed by atoms with Gasteiger partial charge in [-0.15, -0.1) is 0 Å². The Morgan fingerprint density at radius 3 is 2.44 bits per heavy atom. The fourth-order valence-corrected chi connectivity index (χ4v) is 3.27. The van der Waals surface area contributed by atoms with Crippen molar-refractivity contribution in [1.82, 2.24) is 15.3 Å².